The molecule has 1 N–H and O–H groups in total. The van der Waals surface area contributed by atoms with Crippen molar-refractivity contribution in [3.63, 3.8) is 0 Å². The van der Waals surface area contributed by atoms with Crippen LogP contribution >= 0.6 is 0 Å². The maximum absolute atomic E-state index is 5.50. The molecule has 0 bridgehead atoms. The SMILES string of the molecule is CCCc1ccc(C(CC2CCOC2)NCC)cc1. The maximum Gasteiger partial charge on any atom is 0.0495 e. The first-order valence-electron chi connectivity index (χ1n) is 7.73. The summed E-state index contributed by atoms with van der Waals surface area (Å²) in [5.74, 6) is 0.722. The van der Waals surface area contributed by atoms with Gasteiger partial charge in [0, 0.05) is 19.3 Å². The Balaban J connectivity index is 2.00. The molecule has 0 aromatic heterocycles. The van der Waals surface area contributed by atoms with Gasteiger partial charge in [-0.05, 0) is 42.9 Å². The molecule has 0 amide bonds. The Morgan fingerprint density at radius 3 is 2.63 bits per heavy atom. The van der Waals surface area contributed by atoms with Crippen molar-refractivity contribution in [2.75, 3.05) is 19.8 Å². The molecular formula is C17H27NO. The van der Waals surface area contributed by atoms with Gasteiger partial charge in [-0.25, -0.2) is 0 Å². The zero-order valence-electron chi connectivity index (χ0n) is 12.3. The second-order valence-electron chi connectivity index (χ2n) is 5.57. The molecule has 2 rings (SSSR count). The van der Waals surface area contributed by atoms with Crippen LogP contribution in [-0.2, 0) is 11.2 Å². The second kappa shape index (κ2) is 7.66. The molecule has 1 heterocycles. The fraction of sp³-hybridized carbons (Fsp3) is 0.647. The molecule has 0 saturated carbocycles. The number of hydrogen-bond acceptors (Lipinski definition) is 2. The van der Waals surface area contributed by atoms with Crippen molar-refractivity contribution in [1.82, 2.24) is 5.32 Å². The van der Waals surface area contributed by atoms with Gasteiger partial charge in [0.15, 0.2) is 0 Å². The minimum absolute atomic E-state index is 0.479. The molecule has 1 aromatic carbocycles. The van der Waals surface area contributed by atoms with Crippen LogP contribution < -0.4 is 5.32 Å². The Kier molecular flexibility index (Phi) is 5.87. The van der Waals surface area contributed by atoms with Crippen molar-refractivity contribution in [3.05, 3.63) is 35.4 Å². The van der Waals surface area contributed by atoms with Crippen molar-refractivity contribution in [2.45, 2.75) is 45.6 Å². The summed E-state index contributed by atoms with van der Waals surface area (Å²) in [6, 6.07) is 9.65. The zero-order valence-corrected chi connectivity index (χ0v) is 12.3. The lowest BCUT2D eigenvalue weighted by Gasteiger charge is -2.21. The van der Waals surface area contributed by atoms with E-state index in [9.17, 15) is 0 Å². The van der Waals surface area contributed by atoms with Crippen LogP contribution in [0.2, 0.25) is 0 Å². The Labute approximate surface area is 117 Å². The lowest BCUT2D eigenvalue weighted by Crippen LogP contribution is -2.23. The highest BCUT2D eigenvalue weighted by molar-refractivity contribution is 5.25. The number of hydrogen-bond donors (Lipinski definition) is 1. The quantitative estimate of drug-likeness (QED) is 0.808. The van der Waals surface area contributed by atoms with Crippen LogP contribution in [0.3, 0.4) is 0 Å². The van der Waals surface area contributed by atoms with E-state index in [0.717, 1.165) is 25.7 Å². The molecule has 0 spiro atoms. The van der Waals surface area contributed by atoms with Gasteiger partial charge in [0.05, 0.1) is 0 Å². The monoisotopic (exact) mass is 261 g/mol. The number of aryl methyl sites for hydroxylation is 1. The molecule has 2 heteroatoms. The molecule has 2 atom stereocenters. The van der Waals surface area contributed by atoms with E-state index in [1.807, 2.05) is 0 Å². The van der Waals surface area contributed by atoms with Gasteiger partial charge in [-0.1, -0.05) is 44.5 Å². The third-order valence-electron chi connectivity index (χ3n) is 3.96. The van der Waals surface area contributed by atoms with E-state index in [0.29, 0.717) is 6.04 Å². The molecule has 1 aliphatic heterocycles. The molecule has 0 radical (unpaired) electrons. The van der Waals surface area contributed by atoms with Crippen LogP contribution in [0, 0.1) is 5.92 Å². The van der Waals surface area contributed by atoms with E-state index in [1.54, 1.807) is 0 Å². The lowest BCUT2D eigenvalue weighted by molar-refractivity contribution is 0.181. The number of nitrogens with one attached hydrogen (secondary N) is 1. The van der Waals surface area contributed by atoms with Gasteiger partial charge in [-0.3, -0.25) is 0 Å². The van der Waals surface area contributed by atoms with Crippen LogP contribution in [0.4, 0.5) is 0 Å². The first-order valence-corrected chi connectivity index (χ1v) is 7.73. The number of rotatable bonds is 7. The van der Waals surface area contributed by atoms with Gasteiger partial charge in [0.1, 0.15) is 0 Å². The summed E-state index contributed by atoms with van der Waals surface area (Å²) in [4.78, 5) is 0. The number of benzene rings is 1. The van der Waals surface area contributed by atoms with Crippen LogP contribution in [0.1, 0.15) is 50.3 Å². The summed E-state index contributed by atoms with van der Waals surface area (Å²) in [7, 11) is 0. The summed E-state index contributed by atoms with van der Waals surface area (Å²) in [6.45, 7) is 7.32. The van der Waals surface area contributed by atoms with Crippen LogP contribution in [0.25, 0.3) is 0 Å². The molecular weight excluding hydrogens is 234 g/mol. The minimum atomic E-state index is 0.479. The van der Waals surface area contributed by atoms with Gasteiger partial charge >= 0.3 is 0 Å². The fourth-order valence-electron chi connectivity index (χ4n) is 2.89. The number of ether oxygens (including phenoxy) is 1. The third kappa shape index (κ3) is 4.32. The standard InChI is InChI=1S/C17H27NO/c1-3-5-14-6-8-16(9-7-14)17(18-4-2)12-15-10-11-19-13-15/h6-9,15,17-18H,3-5,10-13H2,1-2H3. The molecule has 106 valence electrons. The van der Waals surface area contributed by atoms with E-state index in [4.69, 9.17) is 4.74 Å². The summed E-state index contributed by atoms with van der Waals surface area (Å²) < 4.78 is 5.50. The summed E-state index contributed by atoms with van der Waals surface area (Å²) in [5.41, 5.74) is 2.87. The Bertz CT molecular complexity index is 354. The maximum atomic E-state index is 5.50. The van der Waals surface area contributed by atoms with Gasteiger partial charge in [0.2, 0.25) is 0 Å². The topological polar surface area (TPSA) is 21.3 Å². The predicted molar refractivity (Wildman–Crippen MR) is 80.4 cm³/mol. The molecule has 0 aliphatic carbocycles. The molecule has 1 fully saturated rings. The smallest absolute Gasteiger partial charge is 0.0495 e. The van der Waals surface area contributed by atoms with E-state index >= 15 is 0 Å². The van der Waals surface area contributed by atoms with E-state index in [-0.39, 0.29) is 0 Å². The van der Waals surface area contributed by atoms with E-state index < -0.39 is 0 Å². The van der Waals surface area contributed by atoms with Gasteiger partial charge < -0.3 is 10.1 Å². The summed E-state index contributed by atoms with van der Waals surface area (Å²) in [5, 5.41) is 3.62. The first kappa shape index (κ1) is 14.5. The Morgan fingerprint density at radius 1 is 1.26 bits per heavy atom. The van der Waals surface area contributed by atoms with Crippen molar-refractivity contribution >= 4 is 0 Å². The normalized spacial score (nSPS) is 20.6. The average Bonchev–Trinajstić information content (AvgIpc) is 2.93. The minimum Gasteiger partial charge on any atom is -0.381 e. The largest absolute Gasteiger partial charge is 0.381 e. The molecule has 2 unspecified atom stereocenters. The van der Waals surface area contributed by atoms with Gasteiger partial charge in [0.25, 0.3) is 0 Å². The highest BCUT2D eigenvalue weighted by Crippen LogP contribution is 2.26. The van der Waals surface area contributed by atoms with Crippen molar-refractivity contribution < 1.29 is 4.74 Å². The second-order valence-corrected chi connectivity index (χ2v) is 5.57. The fourth-order valence-corrected chi connectivity index (χ4v) is 2.89. The molecule has 1 saturated heterocycles. The van der Waals surface area contributed by atoms with Crippen molar-refractivity contribution in [3.8, 4) is 0 Å². The average molecular weight is 261 g/mol. The highest BCUT2D eigenvalue weighted by Gasteiger charge is 2.21. The van der Waals surface area contributed by atoms with Crippen molar-refractivity contribution in [1.29, 1.82) is 0 Å². The first-order chi connectivity index (χ1) is 9.33. The zero-order chi connectivity index (χ0) is 13.5. The summed E-state index contributed by atoms with van der Waals surface area (Å²) in [6.07, 6.45) is 4.81. The molecule has 1 aromatic rings. The predicted octanol–water partition coefficient (Wildman–Crippen LogP) is 3.72. The van der Waals surface area contributed by atoms with Gasteiger partial charge in [-0.2, -0.15) is 0 Å². The molecule has 19 heavy (non-hydrogen) atoms. The molecule has 1 aliphatic rings. The van der Waals surface area contributed by atoms with E-state index in [1.165, 1.54) is 36.8 Å². The van der Waals surface area contributed by atoms with Crippen molar-refractivity contribution in [2.24, 2.45) is 5.92 Å². The van der Waals surface area contributed by atoms with E-state index in [2.05, 4.69) is 43.4 Å². The van der Waals surface area contributed by atoms with Crippen LogP contribution in [0.5, 0.6) is 0 Å². The highest BCUT2D eigenvalue weighted by atomic mass is 16.5. The van der Waals surface area contributed by atoms with Crippen LogP contribution in [-0.4, -0.2) is 19.8 Å². The third-order valence-corrected chi connectivity index (χ3v) is 3.96. The molecule has 2 nitrogen and oxygen atoms in total. The summed E-state index contributed by atoms with van der Waals surface area (Å²) >= 11 is 0. The lowest BCUT2D eigenvalue weighted by atomic mass is 9.93. The Hall–Kier alpha value is -0.860. The van der Waals surface area contributed by atoms with Gasteiger partial charge in [-0.15, -0.1) is 0 Å². The van der Waals surface area contributed by atoms with Crippen LogP contribution in [0.15, 0.2) is 24.3 Å². The Morgan fingerprint density at radius 2 is 2.05 bits per heavy atom.